The molecule has 0 fully saturated rings. The zero-order chi connectivity index (χ0) is 11.0. The van der Waals surface area contributed by atoms with Crippen LogP contribution < -0.4 is 0 Å². The standard InChI is InChI=1S/C10H15F.C2H6/c1-7(2)8(3)6-9(4)10(5)11;1-2/h6-7H,3,5H2,1-2,4H3;1-2H3/b9-6-;. The fourth-order valence-electron chi connectivity index (χ4n) is 0.523. The van der Waals surface area contributed by atoms with E-state index in [1.807, 2.05) is 27.7 Å². The molecule has 0 rings (SSSR count). The Hall–Kier alpha value is -0.850. The Morgan fingerprint density at radius 1 is 1.23 bits per heavy atom. The molecule has 0 N–H and O–H groups in total. The van der Waals surface area contributed by atoms with Gasteiger partial charge in [0.15, 0.2) is 0 Å². The predicted molar refractivity (Wildman–Crippen MR) is 59.3 cm³/mol. The summed E-state index contributed by atoms with van der Waals surface area (Å²) in [6.45, 7) is 16.7. The van der Waals surface area contributed by atoms with Gasteiger partial charge in [-0.05, 0) is 18.4 Å². The minimum Gasteiger partial charge on any atom is -0.207 e. The summed E-state index contributed by atoms with van der Waals surface area (Å²) in [6, 6.07) is 0. The van der Waals surface area contributed by atoms with E-state index in [0.29, 0.717) is 11.5 Å². The van der Waals surface area contributed by atoms with E-state index in [1.54, 1.807) is 13.0 Å². The largest absolute Gasteiger partial charge is 0.207 e. The summed E-state index contributed by atoms with van der Waals surface area (Å²) in [5.74, 6) is -0.0175. The Balaban J connectivity index is 0. The summed E-state index contributed by atoms with van der Waals surface area (Å²) >= 11 is 0. The Kier molecular flexibility index (Phi) is 8.78. The highest BCUT2D eigenvalue weighted by molar-refractivity contribution is 5.29. The first kappa shape index (κ1) is 14.7. The molecule has 0 aliphatic rings. The third-order valence-electron chi connectivity index (χ3n) is 1.57. The van der Waals surface area contributed by atoms with Crippen molar-refractivity contribution in [1.82, 2.24) is 0 Å². The smallest absolute Gasteiger partial charge is 0.118 e. The van der Waals surface area contributed by atoms with Crippen molar-refractivity contribution in [3.63, 3.8) is 0 Å². The monoisotopic (exact) mass is 184 g/mol. The Morgan fingerprint density at radius 3 is 1.85 bits per heavy atom. The maximum absolute atomic E-state index is 12.4. The van der Waals surface area contributed by atoms with Gasteiger partial charge in [-0.3, -0.25) is 0 Å². The maximum Gasteiger partial charge on any atom is 0.118 e. The second kappa shape index (κ2) is 7.78. The van der Waals surface area contributed by atoms with Crippen LogP contribution in [0.15, 0.2) is 36.2 Å². The molecule has 0 aromatic heterocycles. The highest BCUT2D eigenvalue weighted by atomic mass is 19.1. The van der Waals surface area contributed by atoms with Crippen molar-refractivity contribution in [2.75, 3.05) is 0 Å². The fraction of sp³-hybridized carbons (Fsp3) is 0.500. The molecule has 0 nitrogen and oxygen atoms in total. The lowest BCUT2D eigenvalue weighted by molar-refractivity contribution is 0.654. The van der Waals surface area contributed by atoms with Crippen LogP contribution in [0.2, 0.25) is 0 Å². The zero-order valence-electron chi connectivity index (χ0n) is 9.45. The molecule has 0 unspecified atom stereocenters. The van der Waals surface area contributed by atoms with Crippen LogP contribution in [0, 0.1) is 5.92 Å². The molecule has 0 amide bonds. The van der Waals surface area contributed by atoms with E-state index in [-0.39, 0.29) is 5.83 Å². The molecule has 76 valence electrons. The minimum absolute atomic E-state index is 0.365. The molecule has 1 heteroatoms. The summed E-state index contributed by atoms with van der Waals surface area (Å²) in [6.07, 6.45) is 1.73. The first-order chi connectivity index (χ1) is 5.95. The van der Waals surface area contributed by atoms with Gasteiger partial charge in [0.1, 0.15) is 5.83 Å². The number of hydrogen-bond donors (Lipinski definition) is 0. The van der Waals surface area contributed by atoms with Gasteiger partial charge in [0.25, 0.3) is 0 Å². The van der Waals surface area contributed by atoms with E-state index in [9.17, 15) is 4.39 Å². The Bertz CT molecular complexity index is 197. The van der Waals surface area contributed by atoms with Crippen molar-refractivity contribution >= 4 is 0 Å². The minimum atomic E-state index is -0.383. The van der Waals surface area contributed by atoms with Gasteiger partial charge in [0.05, 0.1) is 0 Å². The van der Waals surface area contributed by atoms with Gasteiger partial charge < -0.3 is 0 Å². The highest BCUT2D eigenvalue weighted by Crippen LogP contribution is 2.15. The summed E-state index contributed by atoms with van der Waals surface area (Å²) in [7, 11) is 0. The van der Waals surface area contributed by atoms with Gasteiger partial charge in [-0.2, -0.15) is 0 Å². The van der Waals surface area contributed by atoms with Crippen LogP contribution in [0.3, 0.4) is 0 Å². The van der Waals surface area contributed by atoms with E-state index in [0.717, 1.165) is 5.57 Å². The predicted octanol–water partition coefficient (Wildman–Crippen LogP) is 4.65. The molecule has 0 aliphatic heterocycles. The zero-order valence-corrected chi connectivity index (χ0v) is 9.45. The van der Waals surface area contributed by atoms with Crippen molar-refractivity contribution in [3.8, 4) is 0 Å². The van der Waals surface area contributed by atoms with Gasteiger partial charge >= 0.3 is 0 Å². The van der Waals surface area contributed by atoms with Crippen LogP contribution >= 0.6 is 0 Å². The SMILES string of the molecule is C=C(F)/C(C)=C\C(=C)C(C)C.CC. The number of halogens is 1. The third-order valence-corrected chi connectivity index (χ3v) is 1.57. The topological polar surface area (TPSA) is 0 Å². The van der Waals surface area contributed by atoms with Crippen molar-refractivity contribution in [2.24, 2.45) is 5.92 Å². The normalized spacial score (nSPS) is 10.5. The van der Waals surface area contributed by atoms with Gasteiger partial charge in [-0.15, -0.1) is 0 Å². The van der Waals surface area contributed by atoms with E-state index >= 15 is 0 Å². The van der Waals surface area contributed by atoms with Crippen LogP contribution in [-0.2, 0) is 0 Å². The lowest BCUT2D eigenvalue weighted by Crippen LogP contribution is -1.89. The molecule has 0 aromatic carbocycles. The molecule has 0 spiro atoms. The summed E-state index contributed by atoms with van der Waals surface area (Å²) in [4.78, 5) is 0. The van der Waals surface area contributed by atoms with Crippen LogP contribution in [0.4, 0.5) is 4.39 Å². The van der Waals surface area contributed by atoms with Gasteiger partial charge in [0.2, 0.25) is 0 Å². The van der Waals surface area contributed by atoms with Crippen LogP contribution in [0.25, 0.3) is 0 Å². The maximum atomic E-state index is 12.4. The van der Waals surface area contributed by atoms with E-state index in [1.165, 1.54) is 0 Å². The Morgan fingerprint density at radius 2 is 1.62 bits per heavy atom. The average Bonchev–Trinajstić information content (AvgIpc) is 2.07. The molecule has 0 saturated carbocycles. The lowest BCUT2D eigenvalue weighted by Gasteiger charge is -2.04. The van der Waals surface area contributed by atoms with Crippen LogP contribution in [-0.4, -0.2) is 0 Å². The van der Waals surface area contributed by atoms with Crippen LogP contribution in [0.5, 0.6) is 0 Å². The van der Waals surface area contributed by atoms with Crippen molar-refractivity contribution in [1.29, 1.82) is 0 Å². The number of rotatable bonds is 3. The van der Waals surface area contributed by atoms with Crippen molar-refractivity contribution in [2.45, 2.75) is 34.6 Å². The summed E-state index contributed by atoms with van der Waals surface area (Å²) < 4.78 is 12.4. The molecular formula is C12H21F. The van der Waals surface area contributed by atoms with E-state index in [4.69, 9.17) is 0 Å². The molecule has 0 aliphatic carbocycles. The molecule has 0 saturated heterocycles. The van der Waals surface area contributed by atoms with Gasteiger partial charge in [-0.1, -0.05) is 52.5 Å². The van der Waals surface area contributed by atoms with Crippen LogP contribution in [0.1, 0.15) is 34.6 Å². The molecule has 0 heterocycles. The lowest BCUT2D eigenvalue weighted by atomic mass is 10.0. The molecule has 0 bridgehead atoms. The number of hydrogen-bond acceptors (Lipinski definition) is 0. The summed E-state index contributed by atoms with van der Waals surface area (Å²) in [5, 5.41) is 0. The second-order valence-corrected chi connectivity index (χ2v) is 2.96. The molecule has 0 atom stereocenters. The number of allylic oxidation sites excluding steroid dienone is 4. The van der Waals surface area contributed by atoms with E-state index in [2.05, 4.69) is 13.2 Å². The quantitative estimate of drug-likeness (QED) is 0.560. The van der Waals surface area contributed by atoms with Gasteiger partial charge in [0, 0.05) is 0 Å². The first-order valence-corrected chi connectivity index (χ1v) is 4.67. The second-order valence-electron chi connectivity index (χ2n) is 2.96. The van der Waals surface area contributed by atoms with Crippen molar-refractivity contribution < 1.29 is 4.39 Å². The van der Waals surface area contributed by atoms with E-state index < -0.39 is 0 Å². The summed E-state index contributed by atoms with van der Waals surface area (Å²) in [5.41, 5.74) is 1.49. The molecular weight excluding hydrogens is 163 g/mol. The molecule has 0 radical (unpaired) electrons. The highest BCUT2D eigenvalue weighted by Gasteiger charge is 1.98. The molecule has 13 heavy (non-hydrogen) atoms. The Labute approximate surface area is 81.9 Å². The first-order valence-electron chi connectivity index (χ1n) is 4.67. The fourth-order valence-corrected chi connectivity index (χ4v) is 0.523. The average molecular weight is 184 g/mol. The molecule has 0 aromatic rings. The van der Waals surface area contributed by atoms with Crippen molar-refractivity contribution in [3.05, 3.63) is 36.2 Å². The van der Waals surface area contributed by atoms with Gasteiger partial charge in [-0.25, -0.2) is 4.39 Å². The third kappa shape index (κ3) is 7.51.